The van der Waals surface area contributed by atoms with Crippen LogP contribution in [0.3, 0.4) is 0 Å². The minimum atomic E-state index is -0.323. The highest BCUT2D eigenvalue weighted by molar-refractivity contribution is 6.07. The summed E-state index contributed by atoms with van der Waals surface area (Å²) in [5.41, 5.74) is 1.87. The third-order valence-electron chi connectivity index (χ3n) is 3.50. The number of para-hydroxylation sites is 1. The summed E-state index contributed by atoms with van der Waals surface area (Å²) in [6, 6.07) is 9.35. The van der Waals surface area contributed by atoms with Crippen molar-refractivity contribution in [3.63, 3.8) is 0 Å². The molecule has 2 aromatic rings. The van der Waals surface area contributed by atoms with E-state index in [9.17, 15) is 9.59 Å². The van der Waals surface area contributed by atoms with E-state index in [2.05, 4.69) is 15.6 Å². The van der Waals surface area contributed by atoms with Gasteiger partial charge in [-0.15, -0.1) is 0 Å². The Kier molecular flexibility index (Phi) is 5.22. The Hall–Kier alpha value is -2.43. The maximum atomic E-state index is 12.6. The smallest absolute Gasteiger partial charge is 0.252 e. The van der Waals surface area contributed by atoms with Gasteiger partial charge in [-0.1, -0.05) is 32.0 Å². The van der Waals surface area contributed by atoms with Crippen LogP contribution in [0.4, 0.5) is 0 Å². The first-order valence-electron chi connectivity index (χ1n) is 8.16. The van der Waals surface area contributed by atoms with E-state index in [1.165, 1.54) is 0 Å². The molecular formula is C19H25N3O2. The second-order valence-corrected chi connectivity index (χ2v) is 7.25. The number of fused-ring (bicyclic) bond motifs is 1. The van der Waals surface area contributed by atoms with Gasteiger partial charge in [0.1, 0.15) is 0 Å². The number of nitrogens with zero attached hydrogens (tertiary/aromatic N) is 1. The molecule has 0 saturated heterocycles. The summed E-state index contributed by atoms with van der Waals surface area (Å²) in [5.74, 6) is -0.261. The first-order valence-corrected chi connectivity index (χ1v) is 8.16. The van der Waals surface area contributed by atoms with Gasteiger partial charge < -0.3 is 10.6 Å². The Balaban J connectivity index is 2.24. The molecule has 2 N–H and O–H groups in total. The van der Waals surface area contributed by atoms with Crippen LogP contribution in [-0.2, 0) is 4.79 Å². The molecule has 0 bridgehead atoms. The van der Waals surface area contributed by atoms with E-state index >= 15 is 0 Å². The van der Waals surface area contributed by atoms with Crippen molar-refractivity contribution in [2.24, 2.45) is 0 Å². The van der Waals surface area contributed by atoms with E-state index < -0.39 is 0 Å². The number of hydrogen-bond donors (Lipinski definition) is 2. The summed E-state index contributed by atoms with van der Waals surface area (Å²) in [6.45, 7) is 9.73. The van der Waals surface area contributed by atoms with Crippen molar-refractivity contribution in [2.75, 3.05) is 6.54 Å². The molecule has 1 heterocycles. The number of hydrogen-bond acceptors (Lipinski definition) is 3. The van der Waals surface area contributed by atoms with Gasteiger partial charge in [-0.25, -0.2) is 0 Å². The number of nitrogens with one attached hydrogen (secondary N) is 2. The van der Waals surface area contributed by atoms with Crippen LogP contribution in [0, 0.1) is 0 Å². The molecule has 1 aromatic carbocycles. The topological polar surface area (TPSA) is 71.1 Å². The molecule has 0 atom stereocenters. The molecule has 0 radical (unpaired) electrons. The lowest BCUT2D eigenvalue weighted by molar-refractivity contribution is -0.121. The van der Waals surface area contributed by atoms with Gasteiger partial charge in [0.05, 0.1) is 17.6 Å². The molecule has 0 fully saturated rings. The summed E-state index contributed by atoms with van der Waals surface area (Å²) >= 11 is 0. The van der Waals surface area contributed by atoms with Crippen molar-refractivity contribution in [3.8, 4) is 0 Å². The molecule has 0 aliphatic rings. The molecule has 0 saturated carbocycles. The Labute approximate surface area is 142 Å². The van der Waals surface area contributed by atoms with Crippen LogP contribution in [0.25, 0.3) is 10.9 Å². The normalized spacial score (nSPS) is 11.6. The minimum absolute atomic E-state index is 0.0518. The quantitative estimate of drug-likeness (QED) is 0.907. The predicted molar refractivity (Wildman–Crippen MR) is 96.1 cm³/mol. The molecule has 5 heteroatoms. The third kappa shape index (κ3) is 4.54. The van der Waals surface area contributed by atoms with Crippen LogP contribution in [0.15, 0.2) is 30.3 Å². The van der Waals surface area contributed by atoms with Crippen LogP contribution in [0.2, 0.25) is 0 Å². The minimum Gasteiger partial charge on any atom is -0.350 e. The lowest BCUT2D eigenvalue weighted by atomic mass is 10.0. The third-order valence-corrected chi connectivity index (χ3v) is 3.50. The molecule has 128 valence electrons. The summed E-state index contributed by atoms with van der Waals surface area (Å²) in [7, 11) is 0. The van der Waals surface area contributed by atoms with Gasteiger partial charge in [-0.3, -0.25) is 14.6 Å². The Bertz CT molecular complexity index is 761. The Morgan fingerprint density at radius 3 is 2.46 bits per heavy atom. The first kappa shape index (κ1) is 17.9. The van der Waals surface area contributed by atoms with Crippen molar-refractivity contribution in [2.45, 2.75) is 46.1 Å². The summed E-state index contributed by atoms with van der Waals surface area (Å²) in [6.07, 6.45) is 0. The SMILES string of the molecule is CC(C)c1cc(C(=O)NCC(=O)NC(C)(C)C)c2ccccc2n1. The lowest BCUT2D eigenvalue weighted by Crippen LogP contribution is -2.45. The zero-order valence-corrected chi connectivity index (χ0v) is 14.9. The molecule has 24 heavy (non-hydrogen) atoms. The van der Waals surface area contributed by atoms with Gasteiger partial charge in [0.25, 0.3) is 5.91 Å². The summed E-state index contributed by atoms with van der Waals surface area (Å²) in [5, 5.41) is 6.32. The number of benzene rings is 1. The molecule has 0 unspecified atom stereocenters. The summed E-state index contributed by atoms with van der Waals surface area (Å²) in [4.78, 5) is 29.1. The zero-order chi connectivity index (χ0) is 17.9. The number of carbonyl (C=O) groups is 2. The van der Waals surface area contributed by atoms with Crippen LogP contribution in [-0.4, -0.2) is 28.9 Å². The second kappa shape index (κ2) is 6.99. The molecule has 2 amide bonds. The predicted octanol–water partition coefficient (Wildman–Crippen LogP) is 3.00. The standard InChI is InChI=1S/C19H25N3O2/c1-12(2)16-10-14(13-8-6-7-9-15(13)21-16)18(24)20-11-17(23)22-19(3,4)5/h6-10,12H,11H2,1-5H3,(H,20,24)(H,22,23). The molecule has 5 nitrogen and oxygen atoms in total. The Morgan fingerprint density at radius 2 is 1.83 bits per heavy atom. The van der Waals surface area contributed by atoms with Crippen LogP contribution in [0.1, 0.15) is 56.6 Å². The highest BCUT2D eigenvalue weighted by Gasteiger charge is 2.17. The number of pyridine rings is 1. The average Bonchev–Trinajstić information content (AvgIpc) is 2.49. The zero-order valence-electron chi connectivity index (χ0n) is 14.9. The van der Waals surface area contributed by atoms with Crippen molar-refractivity contribution >= 4 is 22.7 Å². The summed E-state index contributed by atoms with van der Waals surface area (Å²) < 4.78 is 0. The van der Waals surface area contributed by atoms with Crippen LogP contribution in [0.5, 0.6) is 0 Å². The van der Waals surface area contributed by atoms with Crippen molar-refractivity contribution in [1.29, 1.82) is 0 Å². The fourth-order valence-electron chi connectivity index (χ4n) is 2.40. The molecule has 0 aliphatic heterocycles. The van der Waals surface area contributed by atoms with E-state index in [-0.39, 0.29) is 29.8 Å². The van der Waals surface area contributed by atoms with Gasteiger partial charge in [-0.2, -0.15) is 0 Å². The second-order valence-electron chi connectivity index (χ2n) is 7.25. The highest BCUT2D eigenvalue weighted by atomic mass is 16.2. The van der Waals surface area contributed by atoms with Crippen molar-refractivity contribution in [3.05, 3.63) is 41.6 Å². The van der Waals surface area contributed by atoms with E-state index in [4.69, 9.17) is 0 Å². The van der Waals surface area contributed by atoms with Gasteiger partial charge in [0.2, 0.25) is 5.91 Å². The lowest BCUT2D eigenvalue weighted by Gasteiger charge is -2.20. The molecule has 0 spiro atoms. The first-order chi connectivity index (χ1) is 11.2. The van der Waals surface area contributed by atoms with Gasteiger partial charge in [0.15, 0.2) is 0 Å². The van der Waals surface area contributed by atoms with Gasteiger partial charge in [-0.05, 0) is 38.8 Å². The number of carbonyl (C=O) groups excluding carboxylic acids is 2. The fraction of sp³-hybridized carbons (Fsp3) is 0.421. The van der Waals surface area contributed by atoms with Crippen LogP contribution < -0.4 is 10.6 Å². The van der Waals surface area contributed by atoms with Crippen LogP contribution >= 0.6 is 0 Å². The van der Waals surface area contributed by atoms with E-state index in [1.807, 2.05) is 65.0 Å². The molecule has 1 aromatic heterocycles. The van der Waals surface area contributed by atoms with E-state index in [0.29, 0.717) is 5.56 Å². The highest BCUT2D eigenvalue weighted by Crippen LogP contribution is 2.22. The largest absolute Gasteiger partial charge is 0.350 e. The number of amides is 2. The molecule has 0 aliphatic carbocycles. The number of aromatic nitrogens is 1. The molecular weight excluding hydrogens is 302 g/mol. The van der Waals surface area contributed by atoms with Crippen molar-refractivity contribution < 1.29 is 9.59 Å². The van der Waals surface area contributed by atoms with Crippen molar-refractivity contribution in [1.82, 2.24) is 15.6 Å². The van der Waals surface area contributed by atoms with Gasteiger partial charge >= 0.3 is 0 Å². The molecule has 2 rings (SSSR count). The monoisotopic (exact) mass is 327 g/mol. The fourth-order valence-corrected chi connectivity index (χ4v) is 2.40. The Morgan fingerprint density at radius 1 is 1.17 bits per heavy atom. The maximum absolute atomic E-state index is 12.6. The van der Waals surface area contributed by atoms with Gasteiger partial charge in [0, 0.05) is 16.6 Å². The average molecular weight is 327 g/mol. The number of rotatable bonds is 4. The maximum Gasteiger partial charge on any atom is 0.252 e. The van der Waals surface area contributed by atoms with E-state index in [0.717, 1.165) is 16.6 Å². The van der Waals surface area contributed by atoms with E-state index in [1.54, 1.807) is 0 Å².